The van der Waals surface area contributed by atoms with E-state index in [2.05, 4.69) is 6.08 Å². The standard InChI is InChI=1S/C18H22F2O/c1-3-14-10-11-16(18(20)17(14)19)15-8-6-13(7-9-15)5-4-12-21-2/h4-5,8,10-11,13H,3,6-7,9,12H2,1-2H3. The highest BCUT2D eigenvalue weighted by atomic mass is 19.2. The SMILES string of the molecule is CCc1ccc(C2=CCC(C=CCOC)CC2)c(F)c1F. The molecule has 3 heteroatoms. The fraction of sp³-hybridized carbons (Fsp3) is 0.444. The second kappa shape index (κ2) is 7.51. The fourth-order valence-electron chi connectivity index (χ4n) is 2.73. The van der Waals surface area contributed by atoms with E-state index in [9.17, 15) is 8.78 Å². The quantitative estimate of drug-likeness (QED) is 0.700. The van der Waals surface area contributed by atoms with Crippen LogP contribution in [0.5, 0.6) is 0 Å². The van der Waals surface area contributed by atoms with Gasteiger partial charge in [-0.15, -0.1) is 0 Å². The molecule has 1 aliphatic rings. The van der Waals surface area contributed by atoms with Gasteiger partial charge in [0.15, 0.2) is 11.6 Å². The van der Waals surface area contributed by atoms with Crippen LogP contribution in [-0.2, 0) is 11.2 Å². The number of ether oxygens (including phenoxy) is 1. The first-order valence-electron chi connectivity index (χ1n) is 7.49. The number of rotatable bonds is 5. The average Bonchev–Trinajstić information content (AvgIpc) is 2.51. The van der Waals surface area contributed by atoms with Gasteiger partial charge >= 0.3 is 0 Å². The van der Waals surface area contributed by atoms with Crippen molar-refractivity contribution < 1.29 is 13.5 Å². The van der Waals surface area contributed by atoms with E-state index in [0.717, 1.165) is 24.8 Å². The van der Waals surface area contributed by atoms with E-state index >= 15 is 0 Å². The highest BCUT2D eigenvalue weighted by molar-refractivity contribution is 5.67. The smallest absolute Gasteiger partial charge is 0.166 e. The third kappa shape index (κ3) is 3.79. The topological polar surface area (TPSA) is 9.23 Å². The van der Waals surface area contributed by atoms with Crippen LogP contribution in [0.25, 0.3) is 5.57 Å². The lowest BCUT2D eigenvalue weighted by atomic mass is 9.86. The van der Waals surface area contributed by atoms with Gasteiger partial charge in [-0.25, -0.2) is 8.78 Å². The zero-order valence-corrected chi connectivity index (χ0v) is 12.7. The predicted octanol–water partition coefficient (Wildman–Crippen LogP) is 4.91. The van der Waals surface area contributed by atoms with E-state index in [0.29, 0.717) is 30.1 Å². The molecule has 0 aromatic heterocycles. The molecule has 21 heavy (non-hydrogen) atoms. The minimum Gasteiger partial charge on any atom is -0.381 e. The summed E-state index contributed by atoms with van der Waals surface area (Å²) < 4.78 is 33.0. The number of benzene rings is 1. The van der Waals surface area contributed by atoms with E-state index < -0.39 is 11.6 Å². The number of halogens is 2. The number of hydrogen-bond donors (Lipinski definition) is 0. The molecule has 1 aromatic carbocycles. The van der Waals surface area contributed by atoms with Crippen molar-refractivity contribution in [2.75, 3.05) is 13.7 Å². The Morgan fingerprint density at radius 2 is 2.10 bits per heavy atom. The molecule has 0 radical (unpaired) electrons. The molecule has 0 saturated carbocycles. The second-order valence-corrected chi connectivity index (χ2v) is 5.40. The molecular formula is C18H22F2O. The van der Waals surface area contributed by atoms with Crippen molar-refractivity contribution in [2.24, 2.45) is 5.92 Å². The number of hydrogen-bond acceptors (Lipinski definition) is 1. The van der Waals surface area contributed by atoms with Gasteiger partial charge in [-0.3, -0.25) is 0 Å². The van der Waals surface area contributed by atoms with Crippen molar-refractivity contribution in [3.05, 3.63) is 53.1 Å². The van der Waals surface area contributed by atoms with Crippen molar-refractivity contribution in [1.82, 2.24) is 0 Å². The summed E-state index contributed by atoms with van der Waals surface area (Å²) in [5, 5.41) is 0. The van der Waals surface area contributed by atoms with Gasteiger partial charge < -0.3 is 4.74 Å². The first-order chi connectivity index (χ1) is 10.2. The maximum absolute atomic E-state index is 14.1. The van der Waals surface area contributed by atoms with E-state index in [4.69, 9.17) is 4.74 Å². The van der Waals surface area contributed by atoms with Gasteiger partial charge in [-0.1, -0.05) is 37.3 Å². The fourth-order valence-corrected chi connectivity index (χ4v) is 2.73. The molecule has 1 nitrogen and oxygen atoms in total. The number of allylic oxidation sites excluding steroid dienone is 3. The number of methoxy groups -OCH3 is 1. The zero-order chi connectivity index (χ0) is 15.2. The largest absolute Gasteiger partial charge is 0.381 e. The van der Waals surface area contributed by atoms with E-state index in [1.807, 2.05) is 19.1 Å². The number of aryl methyl sites for hydroxylation is 1. The molecule has 1 atom stereocenters. The van der Waals surface area contributed by atoms with E-state index in [1.54, 1.807) is 19.2 Å². The van der Waals surface area contributed by atoms with Crippen molar-refractivity contribution in [3.8, 4) is 0 Å². The van der Waals surface area contributed by atoms with Crippen LogP contribution in [0.2, 0.25) is 0 Å². The molecule has 0 fully saturated rings. The summed E-state index contributed by atoms with van der Waals surface area (Å²) in [6, 6.07) is 3.41. The van der Waals surface area contributed by atoms with Crippen LogP contribution in [0.3, 0.4) is 0 Å². The van der Waals surface area contributed by atoms with Gasteiger partial charge in [0.2, 0.25) is 0 Å². The second-order valence-electron chi connectivity index (χ2n) is 5.40. The summed E-state index contributed by atoms with van der Waals surface area (Å²) in [5.41, 5.74) is 1.78. The summed E-state index contributed by atoms with van der Waals surface area (Å²) in [4.78, 5) is 0. The Morgan fingerprint density at radius 3 is 2.71 bits per heavy atom. The van der Waals surface area contributed by atoms with Crippen molar-refractivity contribution in [1.29, 1.82) is 0 Å². The van der Waals surface area contributed by atoms with Gasteiger partial charge in [0.25, 0.3) is 0 Å². The third-order valence-corrected chi connectivity index (χ3v) is 4.01. The lowest BCUT2D eigenvalue weighted by Gasteiger charge is -2.20. The molecular weight excluding hydrogens is 270 g/mol. The predicted molar refractivity (Wildman–Crippen MR) is 82.1 cm³/mol. The Balaban J connectivity index is 2.12. The Bertz CT molecular complexity index is 546. The monoisotopic (exact) mass is 292 g/mol. The zero-order valence-electron chi connectivity index (χ0n) is 12.7. The summed E-state index contributed by atoms with van der Waals surface area (Å²) in [5.74, 6) is -0.932. The van der Waals surface area contributed by atoms with Gasteiger partial charge in [-0.05, 0) is 42.7 Å². The maximum atomic E-state index is 14.1. The van der Waals surface area contributed by atoms with Gasteiger partial charge in [0.05, 0.1) is 6.61 Å². The lowest BCUT2D eigenvalue weighted by molar-refractivity contribution is 0.233. The summed E-state index contributed by atoms with van der Waals surface area (Å²) >= 11 is 0. The van der Waals surface area contributed by atoms with Crippen LogP contribution >= 0.6 is 0 Å². The normalized spacial score (nSPS) is 19.0. The molecule has 0 heterocycles. The highest BCUT2D eigenvalue weighted by Gasteiger charge is 2.19. The van der Waals surface area contributed by atoms with Crippen molar-refractivity contribution in [3.63, 3.8) is 0 Å². The Morgan fingerprint density at radius 1 is 1.29 bits per heavy atom. The first kappa shape index (κ1) is 15.9. The molecule has 0 N–H and O–H groups in total. The molecule has 0 saturated heterocycles. The van der Waals surface area contributed by atoms with E-state index in [-0.39, 0.29) is 0 Å². The van der Waals surface area contributed by atoms with Gasteiger partial charge in [0, 0.05) is 12.7 Å². The first-order valence-corrected chi connectivity index (χ1v) is 7.49. The minimum absolute atomic E-state index is 0.420. The van der Waals surface area contributed by atoms with Gasteiger partial charge in [-0.2, -0.15) is 0 Å². The van der Waals surface area contributed by atoms with Crippen LogP contribution < -0.4 is 0 Å². The van der Waals surface area contributed by atoms with E-state index in [1.165, 1.54) is 0 Å². The molecule has 114 valence electrons. The summed E-state index contributed by atoms with van der Waals surface area (Å²) in [6.07, 6.45) is 9.31. The maximum Gasteiger partial charge on any atom is 0.166 e. The summed E-state index contributed by atoms with van der Waals surface area (Å²) in [6.45, 7) is 2.44. The Hall–Kier alpha value is -1.48. The molecule has 0 amide bonds. The van der Waals surface area contributed by atoms with Crippen LogP contribution in [0.15, 0.2) is 30.4 Å². The van der Waals surface area contributed by atoms with Crippen LogP contribution in [-0.4, -0.2) is 13.7 Å². The Labute approximate surface area is 125 Å². The molecule has 1 aromatic rings. The molecule has 2 rings (SSSR count). The van der Waals surface area contributed by atoms with Crippen LogP contribution in [0.4, 0.5) is 8.78 Å². The summed E-state index contributed by atoms with van der Waals surface area (Å²) in [7, 11) is 1.67. The van der Waals surface area contributed by atoms with Crippen molar-refractivity contribution in [2.45, 2.75) is 32.6 Å². The van der Waals surface area contributed by atoms with Crippen molar-refractivity contribution >= 4 is 5.57 Å². The third-order valence-electron chi connectivity index (χ3n) is 4.01. The highest BCUT2D eigenvalue weighted by Crippen LogP contribution is 2.33. The molecule has 1 unspecified atom stereocenters. The molecule has 0 bridgehead atoms. The molecule has 0 aliphatic heterocycles. The minimum atomic E-state index is -0.700. The molecule has 0 spiro atoms. The van der Waals surface area contributed by atoms with Gasteiger partial charge in [0.1, 0.15) is 0 Å². The van der Waals surface area contributed by atoms with Crippen LogP contribution in [0.1, 0.15) is 37.3 Å². The lowest BCUT2D eigenvalue weighted by Crippen LogP contribution is -2.05. The average molecular weight is 292 g/mol. The Kier molecular flexibility index (Phi) is 5.68. The van der Waals surface area contributed by atoms with Crippen LogP contribution in [0, 0.1) is 17.6 Å². The molecule has 1 aliphatic carbocycles.